The van der Waals surface area contributed by atoms with Gasteiger partial charge < -0.3 is 9.40 Å². The summed E-state index contributed by atoms with van der Waals surface area (Å²) in [5, 5.41) is 1.07. The van der Waals surface area contributed by atoms with Crippen molar-refractivity contribution in [1.82, 2.24) is 9.97 Å². The van der Waals surface area contributed by atoms with Crippen molar-refractivity contribution in [2.75, 3.05) is 0 Å². The van der Waals surface area contributed by atoms with Gasteiger partial charge in [0.25, 0.3) is 0 Å². The van der Waals surface area contributed by atoms with E-state index in [9.17, 15) is 0 Å². The maximum atomic E-state index is 5.69. The molecule has 3 aromatic rings. The minimum Gasteiger partial charge on any atom is -0.460 e. The molecule has 0 amide bonds. The molecule has 0 radical (unpaired) electrons. The summed E-state index contributed by atoms with van der Waals surface area (Å²) >= 11 is 3.50. The van der Waals surface area contributed by atoms with Gasteiger partial charge in [0.15, 0.2) is 0 Å². The number of fused-ring (bicyclic) bond motifs is 1. The number of pyridine rings is 1. The second-order valence-electron chi connectivity index (χ2n) is 3.63. The van der Waals surface area contributed by atoms with E-state index in [1.165, 1.54) is 0 Å². The molecule has 3 rings (SSSR count). The van der Waals surface area contributed by atoms with E-state index < -0.39 is 0 Å². The molecule has 1 N–H and O–H groups in total. The number of aryl methyl sites for hydroxylation is 1. The number of aromatic nitrogens is 2. The second-order valence-corrected chi connectivity index (χ2v) is 4.49. The van der Waals surface area contributed by atoms with Crippen LogP contribution >= 0.6 is 15.9 Å². The first-order valence-corrected chi connectivity index (χ1v) is 5.73. The van der Waals surface area contributed by atoms with Gasteiger partial charge in [0.1, 0.15) is 17.2 Å². The minimum atomic E-state index is 0.851. The first-order chi connectivity index (χ1) is 7.75. The van der Waals surface area contributed by atoms with Gasteiger partial charge >= 0.3 is 0 Å². The Hall–Kier alpha value is -1.55. The van der Waals surface area contributed by atoms with Crippen molar-refractivity contribution >= 4 is 27.0 Å². The zero-order valence-electron chi connectivity index (χ0n) is 8.62. The SMILES string of the molecule is Cc1cc(Br)c(-c2ccnc3[nH]ccc23)o1. The molecule has 0 bridgehead atoms. The van der Waals surface area contributed by atoms with E-state index in [4.69, 9.17) is 4.42 Å². The van der Waals surface area contributed by atoms with Crippen LogP contribution in [0.3, 0.4) is 0 Å². The monoisotopic (exact) mass is 276 g/mol. The quantitative estimate of drug-likeness (QED) is 0.733. The number of aromatic amines is 1. The van der Waals surface area contributed by atoms with Gasteiger partial charge in [-0.2, -0.15) is 0 Å². The van der Waals surface area contributed by atoms with Crippen molar-refractivity contribution < 1.29 is 4.42 Å². The van der Waals surface area contributed by atoms with Crippen LogP contribution in [0.4, 0.5) is 0 Å². The van der Waals surface area contributed by atoms with Crippen LogP contribution in [0.25, 0.3) is 22.4 Å². The van der Waals surface area contributed by atoms with Crippen LogP contribution in [0.15, 0.2) is 39.5 Å². The van der Waals surface area contributed by atoms with Gasteiger partial charge in [0.05, 0.1) is 4.47 Å². The number of rotatable bonds is 1. The van der Waals surface area contributed by atoms with E-state index in [1.807, 2.05) is 31.3 Å². The van der Waals surface area contributed by atoms with Crippen LogP contribution in [0, 0.1) is 6.92 Å². The van der Waals surface area contributed by atoms with Crippen LogP contribution in [0.1, 0.15) is 5.76 Å². The molecule has 3 heterocycles. The molecule has 0 aliphatic rings. The topological polar surface area (TPSA) is 41.8 Å². The lowest BCUT2D eigenvalue weighted by atomic mass is 10.1. The van der Waals surface area contributed by atoms with Crippen molar-refractivity contribution in [2.24, 2.45) is 0 Å². The number of furan rings is 1. The molecule has 0 fully saturated rings. The fraction of sp³-hybridized carbons (Fsp3) is 0.0833. The predicted octanol–water partition coefficient (Wildman–Crippen LogP) is 3.89. The lowest BCUT2D eigenvalue weighted by molar-refractivity contribution is 0.548. The largest absolute Gasteiger partial charge is 0.460 e. The maximum Gasteiger partial charge on any atom is 0.149 e. The Morgan fingerprint density at radius 2 is 2.25 bits per heavy atom. The van der Waals surface area contributed by atoms with Gasteiger partial charge in [-0.15, -0.1) is 0 Å². The van der Waals surface area contributed by atoms with Crippen LogP contribution in [-0.4, -0.2) is 9.97 Å². The molecule has 4 heteroatoms. The molecule has 16 heavy (non-hydrogen) atoms. The lowest BCUT2D eigenvalue weighted by Crippen LogP contribution is -1.80. The van der Waals surface area contributed by atoms with Gasteiger partial charge in [-0.25, -0.2) is 4.98 Å². The van der Waals surface area contributed by atoms with Crippen molar-refractivity contribution in [3.05, 3.63) is 40.8 Å². The normalized spacial score (nSPS) is 11.1. The molecule has 0 aromatic carbocycles. The first kappa shape index (κ1) is 9.66. The third-order valence-corrected chi connectivity index (χ3v) is 3.10. The fourth-order valence-electron chi connectivity index (χ4n) is 1.83. The van der Waals surface area contributed by atoms with Crippen LogP contribution in [-0.2, 0) is 0 Å². The van der Waals surface area contributed by atoms with Crippen LogP contribution < -0.4 is 0 Å². The highest BCUT2D eigenvalue weighted by atomic mass is 79.9. The molecule has 80 valence electrons. The number of nitrogens with zero attached hydrogens (tertiary/aromatic N) is 1. The Morgan fingerprint density at radius 3 is 3.00 bits per heavy atom. The molecule has 0 unspecified atom stereocenters. The average molecular weight is 277 g/mol. The molecule has 0 saturated heterocycles. The van der Waals surface area contributed by atoms with Crippen molar-refractivity contribution in [3.63, 3.8) is 0 Å². The van der Waals surface area contributed by atoms with Crippen LogP contribution in [0.5, 0.6) is 0 Å². The number of halogens is 1. The van der Waals surface area contributed by atoms with Gasteiger partial charge in [-0.05, 0) is 41.1 Å². The molecule has 0 aliphatic heterocycles. The fourth-order valence-corrected chi connectivity index (χ4v) is 2.44. The summed E-state index contributed by atoms with van der Waals surface area (Å²) in [7, 11) is 0. The average Bonchev–Trinajstić information content (AvgIpc) is 2.84. The number of nitrogens with one attached hydrogen (secondary N) is 1. The minimum absolute atomic E-state index is 0.851. The Morgan fingerprint density at radius 1 is 1.38 bits per heavy atom. The molecule has 0 spiro atoms. The summed E-state index contributed by atoms with van der Waals surface area (Å²) in [6, 6.07) is 5.93. The molecule has 3 aromatic heterocycles. The number of hydrogen-bond acceptors (Lipinski definition) is 2. The Bertz CT molecular complexity index is 654. The first-order valence-electron chi connectivity index (χ1n) is 4.94. The van der Waals surface area contributed by atoms with Crippen molar-refractivity contribution in [2.45, 2.75) is 6.92 Å². The van der Waals surface area contributed by atoms with E-state index in [2.05, 4.69) is 25.9 Å². The van der Waals surface area contributed by atoms with E-state index in [1.54, 1.807) is 6.20 Å². The predicted molar refractivity (Wildman–Crippen MR) is 66.2 cm³/mol. The van der Waals surface area contributed by atoms with Crippen molar-refractivity contribution in [1.29, 1.82) is 0 Å². The van der Waals surface area contributed by atoms with E-state index in [0.29, 0.717) is 0 Å². The Kier molecular flexibility index (Phi) is 2.11. The number of hydrogen-bond donors (Lipinski definition) is 1. The van der Waals surface area contributed by atoms with Gasteiger partial charge in [0.2, 0.25) is 0 Å². The standard InChI is InChI=1S/C12H9BrN2O/c1-7-6-10(13)11(16-7)8-2-4-14-12-9(8)3-5-15-12/h2-6H,1H3,(H,14,15). The van der Waals surface area contributed by atoms with Gasteiger partial charge in [0, 0.05) is 23.3 Å². The highest BCUT2D eigenvalue weighted by Gasteiger charge is 2.12. The summed E-state index contributed by atoms with van der Waals surface area (Å²) in [4.78, 5) is 7.34. The molecule has 0 saturated carbocycles. The van der Waals surface area contributed by atoms with E-state index in [0.717, 1.165) is 32.6 Å². The molecular weight excluding hydrogens is 268 g/mol. The molecule has 0 atom stereocenters. The zero-order chi connectivity index (χ0) is 11.1. The lowest BCUT2D eigenvalue weighted by Gasteiger charge is -1.99. The molecule has 3 nitrogen and oxygen atoms in total. The van der Waals surface area contributed by atoms with Crippen molar-refractivity contribution in [3.8, 4) is 11.3 Å². The summed E-state index contributed by atoms with van der Waals surface area (Å²) < 4.78 is 6.66. The number of H-pyrrole nitrogens is 1. The van der Waals surface area contributed by atoms with Gasteiger partial charge in [-0.3, -0.25) is 0 Å². The third kappa shape index (κ3) is 1.38. The summed E-state index contributed by atoms with van der Waals surface area (Å²) in [5.74, 6) is 1.74. The highest BCUT2D eigenvalue weighted by molar-refractivity contribution is 9.10. The van der Waals surface area contributed by atoms with Gasteiger partial charge in [-0.1, -0.05) is 0 Å². The zero-order valence-corrected chi connectivity index (χ0v) is 10.2. The Balaban J connectivity index is 2.33. The second kappa shape index (κ2) is 3.49. The summed E-state index contributed by atoms with van der Waals surface area (Å²) in [6.07, 6.45) is 3.66. The summed E-state index contributed by atoms with van der Waals surface area (Å²) in [5.41, 5.74) is 1.92. The Labute approximate surface area is 101 Å². The smallest absolute Gasteiger partial charge is 0.149 e. The highest BCUT2D eigenvalue weighted by Crippen LogP contribution is 2.34. The maximum absolute atomic E-state index is 5.69. The molecular formula is C12H9BrN2O. The molecule has 0 aliphatic carbocycles. The summed E-state index contributed by atoms with van der Waals surface area (Å²) in [6.45, 7) is 1.93. The van der Waals surface area contributed by atoms with E-state index in [-0.39, 0.29) is 0 Å². The third-order valence-electron chi connectivity index (χ3n) is 2.51. The van der Waals surface area contributed by atoms with Crippen LogP contribution in [0.2, 0.25) is 0 Å². The van der Waals surface area contributed by atoms with E-state index >= 15 is 0 Å².